The summed E-state index contributed by atoms with van der Waals surface area (Å²) in [5.74, 6) is 0.196. The molecule has 0 N–H and O–H groups in total. The van der Waals surface area contributed by atoms with Gasteiger partial charge in [-0.2, -0.15) is 0 Å². The van der Waals surface area contributed by atoms with E-state index in [1.807, 2.05) is 6.07 Å². The number of rotatable bonds is 7. The fraction of sp³-hybridized carbons (Fsp3) is 0.217. The first-order chi connectivity index (χ1) is 12.7. The predicted molar refractivity (Wildman–Crippen MR) is 112 cm³/mol. The lowest BCUT2D eigenvalue weighted by Crippen LogP contribution is -2.43. The Labute approximate surface area is 161 Å². The number of hydrogen-bond acceptors (Lipinski definition) is 0. The van der Waals surface area contributed by atoms with Gasteiger partial charge in [-0.05, 0) is 30.0 Å². The minimum Gasteiger partial charge on any atom is -0.207 e. The monoisotopic (exact) mass is 364 g/mol. The number of benzene rings is 3. The van der Waals surface area contributed by atoms with E-state index in [1.54, 1.807) is 0 Å². The van der Waals surface area contributed by atoms with Gasteiger partial charge in [0, 0.05) is 5.02 Å². The molecule has 0 aliphatic rings. The van der Waals surface area contributed by atoms with E-state index in [2.05, 4.69) is 67.6 Å². The van der Waals surface area contributed by atoms with E-state index < -0.39 is 0 Å². The first-order valence-corrected chi connectivity index (χ1v) is 9.59. The van der Waals surface area contributed by atoms with Crippen molar-refractivity contribution in [2.75, 3.05) is 0 Å². The zero-order valence-electron chi connectivity index (χ0n) is 15.0. The molecule has 3 aromatic carbocycles. The molecule has 26 heavy (non-hydrogen) atoms. The zero-order valence-corrected chi connectivity index (χ0v) is 15.8. The molecule has 0 saturated heterocycles. The highest BCUT2D eigenvalue weighted by atomic mass is 35.5. The average Bonchev–Trinajstić information content (AvgIpc) is 2.68. The maximum absolute atomic E-state index is 13.3. The Morgan fingerprint density at radius 3 is 1.96 bits per heavy atom. The van der Waals surface area contributed by atoms with Crippen LogP contribution >= 0.6 is 11.6 Å². The van der Waals surface area contributed by atoms with Crippen LogP contribution in [0.3, 0.4) is 0 Å². The molecule has 0 bridgehead atoms. The van der Waals surface area contributed by atoms with Gasteiger partial charge in [0.1, 0.15) is 5.82 Å². The molecular weight excluding hydrogens is 342 g/mol. The van der Waals surface area contributed by atoms with E-state index in [1.165, 1.54) is 23.1 Å². The maximum atomic E-state index is 13.3. The van der Waals surface area contributed by atoms with E-state index in [4.69, 9.17) is 11.6 Å². The van der Waals surface area contributed by atoms with Crippen LogP contribution in [0.25, 0.3) is 0 Å². The molecule has 1 atom stereocenters. The van der Waals surface area contributed by atoms with Crippen LogP contribution in [-0.2, 0) is 6.42 Å². The molecule has 0 nitrogen and oxygen atoms in total. The smallest absolute Gasteiger partial charge is 0.207 e. The molecule has 3 heteroatoms. The van der Waals surface area contributed by atoms with Gasteiger partial charge in [-0.25, -0.2) is 4.39 Å². The van der Waals surface area contributed by atoms with Crippen molar-refractivity contribution in [2.45, 2.75) is 26.1 Å². The molecule has 0 spiro atoms. The van der Waals surface area contributed by atoms with E-state index in [-0.39, 0.29) is 5.82 Å². The Kier molecular flexibility index (Phi) is 6.52. The van der Waals surface area contributed by atoms with Crippen LogP contribution < -0.4 is 10.9 Å². The number of hydrogen-bond donors (Lipinski definition) is 0. The van der Waals surface area contributed by atoms with E-state index in [9.17, 15) is 4.39 Å². The van der Waals surface area contributed by atoms with E-state index >= 15 is 0 Å². The quantitative estimate of drug-likeness (QED) is 0.495. The average molecular weight is 365 g/mol. The summed E-state index contributed by atoms with van der Waals surface area (Å²) in [6, 6.07) is 26.1. The summed E-state index contributed by atoms with van der Waals surface area (Å²) in [5.41, 5.74) is 3.70. The molecule has 0 aromatic heterocycles. The molecule has 3 aromatic rings. The van der Waals surface area contributed by atoms with Crippen molar-refractivity contribution in [1.29, 1.82) is 0 Å². The van der Waals surface area contributed by atoms with Gasteiger partial charge in [0.2, 0.25) is 6.71 Å². The van der Waals surface area contributed by atoms with E-state index in [0.717, 1.165) is 24.7 Å². The van der Waals surface area contributed by atoms with Crippen LogP contribution in [0.5, 0.6) is 0 Å². The topological polar surface area (TPSA) is 0 Å². The summed E-state index contributed by atoms with van der Waals surface area (Å²) >= 11 is 6.26. The van der Waals surface area contributed by atoms with Gasteiger partial charge < -0.3 is 0 Å². The van der Waals surface area contributed by atoms with Gasteiger partial charge >= 0.3 is 0 Å². The lowest BCUT2D eigenvalue weighted by Gasteiger charge is -2.22. The van der Waals surface area contributed by atoms with Crippen molar-refractivity contribution in [3.63, 3.8) is 0 Å². The molecule has 132 valence electrons. The molecule has 1 unspecified atom stereocenters. The Morgan fingerprint density at radius 2 is 1.46 bits per heavy atom. The second-order valence-corrected chi connectivity index (χ2v) is 7.23. The fourth-order valence-electron chi connectivity index (χ4n) is 3.56. The first kappa shape index (κ1) is 18.7. The molecule has 3 rings (SSSR count). The highest BCUT2D eigenvalue weighted by Crippen LogP contribution is 2.24. The third-order valence-corrected chi connectivity index (χ3v) is 5.43. The zero-order chi connectivity index (χ0) is 18.4. The standard InChI is InChI=1S/C23H23BClF/c1-2-18(15-19-13-14-22(26)16-23(19)25)17-24(20-9-5-3-6-10-20)21-11-7-4-8-12-21/h3-14,16,18H,2,15,17H2,1H3. The van der Waals surface area contributed by atoms with Crippen LogP contribution in [0.4, 0.5) is 4.39 Å². The second-order valence-electron chi connectivity index (χ2n) is 6.82. The third kappa shape index (κ3) is 4.77. The van der Waals surface area contributed by atoms with Crippen LogP contribution in [-0.4, -0.2) is 6.71 Å². The summed E-state index contributed by atoms with van der Waals surface area (Å²) in [4.78, 5) is 0. The highest BCUT2D eigenvalue weighted by Gasteiger charge is 2.23. The molecule has 0 saturated carbocycles. The summed E-state index contributed by atoms with van der Waals surface area (Å²) in [7, 11) is 0. The lowest BCUT2D eigenvalue weighted by atomic mass is 9.37. The summed E-state index contributed by atoms with van der Waals surface area (Å²) in [6.45, 7) is 2.57. The minimum atomic E-state index is -0.279. The maximum Gasteiger partial charge on any atom is 0.209 e. The molecule has 0 amide bonds. The SMILES string of the molecule is CCC(CB(c1ccccc1)c1ccccc1)Cc1ccc(F)cc1Cl. The van der Waals surface area contributed by atoms with Crippen LogP contribution in [0.2, 0.25) is 11.3 Å². The van der Waals surface area contributed by atoms with Gasteiger partial charge in [-0.3, -0.25) is 0 Å². The van der Waals surface area contributed by atoms with Gasteiger partial charge in [-0.15, -0.1) is 0 Å². The van der Waals surface area contributed by atoms with Crippen LogP contribution in [0, 0.1) is 11.7 Å². The third-order valence-electron chi connectivity index (χ3n) is 5.07. The largest absolute Gasteiger partial charge is 0.209 e. The number of halogens is 2. The Bertz CT molecular complexity index is 781. The molecule has 0 fully saturated rings. The Morgan fingerprint density at radius 1 is 0.885 bits per heavy atom. The molecule has 0 aliphatic carbocycles. The lowest BCUT2D eigenvalue weighted by molar-refractivity contribution is 0.555. The fourth-order valence-corrected chi connectivity index (χ4v) is 3.81. The highest BCUT2D eigenvalue weighted by molar-refractivity contribution is 6.85. The van der Waals surface area contributed by atoms with E-state index in [0.29, 0.717) is 17.7 Å². The Hall–Kier alpha value is -2.06. The van der Waals surface area contributed by atoms with Crippen molar-refractivity contribution in [2.24, 2.45) is 5.92 Å². The van der Waals surface area contributed by atoms with Gasteiger partial charge in [0.05, 0.1) is 0 Å². The van der Waals surface area contributed by atoms with Crippen molar-refractivity contribution >= 4 is 29.2 Å². The molecule has 0 aliphatic heterocycles. The summed E-state index contributed by atoms with van der Waals surface area (Å²) in [6.07, 6.45) is 2.97. The van der Waals surface area contributed by atoms with Crippen molar-refractivity contribution in [3.05, 3.63) is 95.3 Å². The van der Waals surface area contributed by atoms with Gasteiger partial charge in [0.15, 0.2) is 0 Å². The molecule has 0 radical (unpaired) electrons. The van der Waals surface area contributed by atoms with Crippen molar-refractivity contribution in [1.82, 2.24) is 0 Å². The summed E-state index contributed by atoms with van der Waals surface area (Å²) in [5, 5.41) is 0.527. The first-order valence-electron chi connectivity index (χ1n) is 9.21. The molecular formula is C23H23BClF. The predicted octanol–water partition coefficient (Wildman–Crippen LogP) is 5.36. The Balaban J connectivity index is 1.84. The second kappa shape index (κ2) is 9.05. The van der Waals surface area contributed by atoms with Crippen molar-refractivity contribution < 1.29 is 4.39 Å². The minimum absolute atomic E-state index is 0.279. The van der Waals surface area contributed by atoms with Crippen molar-refractivity contribution in [3.8, 4) is 0 Å². The van der Waals surface area contributed by atoms with Crippen LogP contribution in [0.15, 0.2) is 78.9 Å². The van der Waals surface area contributed by atoms with Gasteiger partial charge in [-0.1, -0.05) is 109 Å². The summed E-state index contributed by atoms with van der Waals surface area (Å²) < 4.78 is 13.3. The van der Waals surface area contributed by atoms with Crippen LogP contribution in [0.1, 0.15) is 18.9 Å². The molecule has 0 heterocycles. The normalized spacial score (nSPS) is 12.0. The van der Waals surface area contributed by atoms with Gasteiger partial charge in [0.25, 0.3) is 0 Å².